The number of ether oxygens (including phenoxy) is 4. The van der Waals surface area contributed by atoms with Gasteiger partial charge in [0.05, 0.1) is 31.0 Å². The molecule has 0 aromatic carbocycles. The van der Waals surface area contributed by atoms with Crippen molar-refractivity contribution in [1.82, 2.24) is 5.32 Å². The molecule has 7 N–H and O–H groups in total. The molecule has 0 radical (unpaired) electrons. The van der Waals surface area contributed by atoms with Crippen LogP contribution in [0.5, 0.6) is 0 Å². The van der Waals surface area contributed by atoms with E-state index >= 15 is 0 Å². The van der Waals surface area contributed by atoms with E-state index < -0.39 is 91.7 Å². The van der Waals surface area contributed by atoms with Gasteiger partial charge in [0.2, 0.25) is 5.91 Å². The molecule has 0 aliphatic carbocycles. The molecule has 2 heterocycles. The number of carbonyl (C=O) groups is 2. The zero-order chi connectivity index (χ0) is 28.6. The molecule has 218 valence electrons. The summed E-state index contributed by atoms with van der Waals surface area (Å²) in [5, 5.41) is 68.3. The van der Waals surface area contributed by atoms with E-state index in [4.69, 9.17) is 24.5 Å². The summed E-state index contributed by atoms with van der Waals surface area (Å²) < 4.78 is 22.5. The van der Waals surface area contributed by atoms with Crippen LogP contribution in [0.4, 0.5) is 0 Å². The van der Waals surface area contributed by atoms with E-state index in [-0.39, 0.29) is 19.6 Å². The van der Waals surface area contributed by atoms with Gasteiger partial charge in [0.15, 0.2) is 6.29 Å². The van der Waals surface area contributed by atoms with Gasteiger partial charge >= 0.3 is 5.97 Å². The number of carboxylic acid groups (broad SMARTS) is 1. The molecule has 0 saturated carbocycles. The number of aliphatic hydroxyl groups excluding tert-OH is 5. The molecule has 2 aliphatic rings. The largest absolute Gasteiger partial charge is 0.477 e. The Morgan fingerprint density at radius 1 is 1.26 bits per heavy atom. The van der Waals surface area contributed by atoms with E-state index in [0.29, 0.717) is 6.42 Å². The molecule has 2 fully saturated rings. The molecule has 38 heavy (non-hydrogen) atoms. The monoisotopic (exact) mass is 550 g/mol. The molecule has 0 aromatic rings. The lowest BCUT2D eigenvalue weighted by atomic mass is 9.88. The second-order valence-corrected chi connectivity index (χ2v) is 9.48. The minimum Gasteiger partial charge on any atom is -0.477 e. The number of hydrogen-bond acceptors (Lipinski definition) is 12. The smallest absolute Gasteiger partial charge is 0.364 e. The SMILES string of the molecule is CC[C@@H](O)[C@@H](O)C1O[C@@](OCC2O[C@H](OCCCN=[N+]=[N-])C(C)[C@@H](O)[C@H]2O)(C(=O)O)C[C@@H](O)[C@H]1NC(C)=O. The molecule has 0 spiro atoms. The zero-order valence-corrected chi connectivity index (χ0v) is 21.5. The number of hydrogen-bond donors (Lipinski definition) is 7. The predicted molar refractivity (Wildman–Crippen MR) is 126 cm³/mol. The summed E-state index contributed by atoms with van der Waals surface area (Å²) >= 11 is 0. The summed E-state index contributed by atoms with van der Waals surface area (Å²) in [6, 6.07) is -1.26. The first-order valence-electron chi connectivity index (χ1n) is 12.4. The van der Waals surface area contributed by atoms with Gasteiger partial charge in [-0.1, -0.05) is 19.0 Å². The Balaban J connectivity index is 2.21. The molecule has 2 rings (SSSR count). The normalized spacial score (nSPS) is 37.1. The fourth-order valence-electron chi connectivity index (χ4n) is 4.40. The molecule has 11 atom stereocenters. The highest BCUT2D eigenvalue weighted by Gasteiger charge is 2.56. The summed E-state index contributed by atoms with van der Waals surface area (Å²) in [5.74, 6) is -5.49. The topological polar surface area (TPSA) is 253 Å². The number of carbonyl (C=O) groups excluding carboxylic acids is 1. The van der Waals surface area contributed by atoms with Gasteiger partial charge in [-0.25, -0.2) is 4.79 Å². The van der Waals surface area contributed by atoms with Crippen LogP contribution < -0.4 is 5.32 Å². The lowest BCUT2D eigenvalue weighted by Gasteiger charge is -2.47. The van der Waals surface area contributed by atoms with Crippen LogP contribution in [-0.2, 0) is 28.5 Å². The van der Waals surface area contributed by atoms with Crippen molar-refractivity contribution in [1.29, 1.82) is 0 Å². The fourth-order valence-corrected chi connectivity index (χ4v) is 4.40. The molecule has 0 bridgehead atoms. The number of amides is 1. The maximum absolute atomic E-state index is 12.3. The fraction of sp³-hybridized carbons (Fsp3) is 0.909. The van der Waals surface area contributed by atoms with E-state index in [1.165, 1.54) is 0 Å². The lowest BCUT2D eigenvalue weighted by molar-refractivity contribution is -0.333. The van der Waals surface area contributed by atoms with Gasteiger partial charge < -0.3 is 54.9 Å². The Morgan fingerprint density at radius 2 is 1.95 bits per heavy atom. The molecular weight excluding hydrogens is 512 g/mol. The minimum absolute atomic E-state index is 0.0628. The van der Waals surface area contributed by atoms with Gasteiger partial charge in [0, 0.05) is 37.3 Å². The Labute approximate surface area is 219 Å². The summed E-state index contributed by atoms with van der Waals surface area (Å²) in [5.41, 5.74) is 8.34. The van der Waals surface area contributed by atoms with Crippen LogP contribution in [-0.4, -0.2) is 123 Å². The van der Waals surface area contributed by atoms with Crippen LogP contribution in [0, 0.1) is 5.92 Å². The lowest BCUT2D eigenvalue weighted by Crippen LogP contribution is -2.68. The van der Waals surface area contributed by atoms with Crippen LogP contribution in [0.3, 0.4) is 0 Å². The van der Waals surface area contributed by atoms with E-state index in [2.05, 4.69) is 15.3 Å². The quantitative estimate of drug-likeness (QED) is 0.0590. The maximum atomic E-state index is 12.3. The van der Waals surface area contributed by atoms with Gasteiger partial charge in [-0.05, 0) is 18.4 Å². The Hall–Kier alpha value is -2.11. The van der Waals surface area contributed by atoms with E-state index in [1.54, 1.807) is 13.8 Å². The van der Waals surface area contributed by atoms with Crippen LogP contribution in [0.1, 0.15) is 40.0 Å². The maximum Gasteiger partial charge on any atom is 0.364 e. The summed E-state index contributed by atoms with van der Waals surface area (Å²) in [4.78, 5) is 26.6. The molecule has 16 nitrogen and oxygen atoms in total. The van der Waals surface area contributed by atoms with Crippen molar-refractivity contribution in [3.8, 4) is 0 Å². The standard InChI is InChI=1S/C22H38N4O12/c1-4-12(28)17(31)19-15(25-11(3)27)13(29)8-22(38-19,21(33)34)36-9-14-18(32)16(30)10(2)20(37-14)35-7-5-6-24-26-23/h10,12-20,28-32H,4-9H2,1-3H3,(H,25,27)(H,33,34)/t10?,12-,13-,14?,15-,16-,17-,18+,19?,20+,22-/m1/s1. The number of aliphatic hydroxyl groups is 5. The molecule has 16 heteroatoms. The molecule has 1 amide bonds. The van der Waals surface area contributed by atoms with Gasteiger partial charge in [0.1, 0.15) is 24.4 Å². The third-order valence-electron chi connectivity index (χ3n) is 6.65. The number of rotatable bonds is 13. The molecule has 3 unspecified atom stereocenters. The predicted octanol–water partition coefficient (Wildman–Crippen LogP) is -1.63. The summed E-state index contributed by atoms with van der Waals surface area (Å²) in [7, 11) is 0. The number of aliphatic carboxylic acids is 1. The van der Waals surface area contributed by atoms with Crippen molar-refractivity contribution in [2.75, 3.05) is 19.8 Å². The van der Waals surface area contributed by atoms with E-state index in [9.17, 15) is 40.2 Å². The van der Waals surface area contributed by atoms with E-state index in [0.717, 1.165) is 6.92 Å². The third kappa shape index (κ3) is 7.72. The van der Waals surface area contributed by atoms with Crippen molar-refractivity contribution in [2.24, 2.45) is 11.0 Å². The first-order valence-corrected chi connectivity index (χ1v) is 12.4. The first kappa shape index (κ1) is 32.1. The summed E-state index contributed by atoms with van der Waals surface area (Å²) in [6.07, 6.45) is -11.6. The highest BCUT2D eigenvalue weighted by molar-refractivity contribution is 5.76. The summed E-state index contributed by atoms with van der Waals surface area (Å²) in [6.45, 7) is 3.95. The third-order valence-corrected chi connectivity index (χ3v) is 6.65. The average molecular weight is 551 g/mol. The van der Waals surface area contributed by atoms with Crippen molar-refractivity contribution in [3.05, 3.63) is 10.4 Å². The number of carboxylic acids is 1. The van der Waals surface area contributed by atoms with Crippen LogP contribution in [0.2, 0.25) is 0 Å². The van der Waals surface area contributed by atoms with Crippen LogP contribution >= 0.6 is 0 Å². The second-order valence-electron chi connectivity index (χ2n) is 9.48. The highest BCUT2D eigenvalue weighted by atomic mass is 16.7. The molecular formula is C22H38N4O12. The van der Waals surface area contributed by atoms with Crippen molar-refractivity contribution < 1.29 is 59.2 Å². The van der Waals surface area contributed by atoms with Crippen molar-refractivity contribution in [2.45, 2.75) is 101 Å². The molecule has 2 saturated heterocycles. The van der Waals surface area contributed by atoms with Crippen molar-refractivity contribution in [3.63, 3.8) is 0 Å². The number of azide groups is 1. The van der Waals surface area contributed by atoms with Crippen LogP contribution in [0.25, 0.3) is 10.4 Å². The number of nitrogens with one attached hydrogen (secondary N) is 1. The van der Waals surface area contributed by atoms with Crippen LogP contribution in [0.15, 0.2) is 5.11 Å². The highest BCUT2D eigenvalue weighted by Crippen LogP contribution is 2.35. The van der Waals surface area contributed by atoms with Gasteiger partial charge in [-0.3, -0.25) is 4.79 Å². The van der Waals surface area contributed by atoms with Gasteiger partial charge in [-0.15, -0.1) is 0 Å². The molecule has 2 aliphatic heterocycles. The average Bonchev–Trinajstić information content (AvgIpc) is 2.87. The van der Waals surface area contributed by atoms with Gasteiger partial charge in [0.25, 0.3) is 5.79 Å². The van der Waals surface area contributed by atoms with Gasteiger partial charge in [-0.2, -0.15) is 0 Å². The Bertz CT molecular complexity index is 845. The number of nitrogens with zero attached hydrogens (tertiary/aromatic N) is 3. The second kappa shape index (κ2) is 14.3. The Kier molecular flexibility index (Phi) is 12.1. The first-order chi connectivity index (χ1) is 17.9. The minimum atomic E-state index is -2.56. The Morgan fingerprint density at radius 3 is 2.53 bits per heavy atom. The zero-order valence-electron chi connectivity index (χ0n) is 21.5. The van der Waals surface area contributed by atoms with E-state index in [1.807, 2.05) is 0 Å². The van der Waals surface area contributed by atoms with Crippen molar-refractivity contribution >= 4 is 11.9 Å². The molecule has 0 aromatic heterocycles.